The molecule has 0 heterocycles. The van der Waals surface area contributed by atoms with Crippen LogP contribution in [0.2, 0.25) is 0 Å². The Hall–Kier alpha value is -1.18. The SMILES string of the molecule is CC(CO)C(CO)(CO)CCCCC(=O)O.CCCCCCC(=O)O. The Kier molecular flexibility index (Phi) is 17.0. The first kappa shape index (κ1) is 26.1. The van der Waals surface area contributed by atoms with E-state index >= 15 is 0 Å². The van der Waals surface area contributed by atoms with Crippen molar-refractivity contribution < 1.29 is 35.1 Å². The van der Waals surface area contributed by atoms with Gasteiger partial charge in [-0.1, -0.05) is 39.5 Å². The number of aliphatic hydroxyl groups is 3. The van der Waals surface area contributed by atoms with E-state index in [4.69, 9.17) is 15.3 Å². The first-order valence-corrected chi connectivity index (χ1v) is 9.05. The average Bonchev–Trinajstić information content (AvgIpc) is 2.59. The van der Waals surface area contributed by atoms with Crippen LogP contribution in [0.3, 0.4) is 0 Å². The highest BCUT2D eigenvalue weighted by Crippen LogP contribution is 2.32. The summed E-state index contributed by atoms with van der Waals surface area (Å²) in [5.74, 6) is -1.72. The van der Waals surface area contributed by atoms with Crippen LogP contribution in [0.25, 0.3) is 0 Å². The maximum Gasteiger partial charge on any atom is 0.303 e. The topological polar surface area (TPSA) is 135 Å². The third-order valence-electron chi connectivity index (χ3n) is 4.51. The summed E-state index contributed by atoms with van der Waals surface area (Å²) < 4.78 is 0. The molecule has 1 atom stereocenters. The zero-order chi connectivity index (χ0) is 19.7. The number of unbranched alkanes of at least 4 members (excludes halogenated alkanes) is 4. The summed E-state index contributed by atoms with van der Waals surface area (Å²) in [5, 5.41) is 44.3. The van der Waals surface area contributed by atoms with Gasteiger partial charge in [0.15, 0.2) is 0 Å². The van der Waals surface area contributed by atoms with Gasteiger partial charge in [0, 0.05) is 24.9 Å². The summed E-state index contributed by atoms with van der Waals surface area (Å²) in [5.41, 5.74) is -0.701. The van der Waals surface area contributed by atoms with Gasteiger partial charge in [-0.3, -0.25) is 9.59 Å². The smallest absolute Gasteiger partial charge is 0.303 e. The minimum Gasteiger partial charge on any atom is -0.481 e. The molecule has 0 aliphatic rings. The van der Waals surface area contributed by atoms with Gasteiger partial charge in [0.2, 0.25) is 0 Å². The average molecular weight is 364 g/mol. The fourth-order valence-corrected chi connectivity index (χ4v) is 2.42. The highest BCUT2D eigenvalue weighted by molar-refractivity contribution is 5.66. The van der Waals surface area contributed by atoms with Crippen molar-refractivity contribution in [3.63, 3.8) is 0 Å². The van der Waals surface area contributed by atoms with E-state index in [2.05, 4.69) is 6.92 Å². The molecule has 0 spiro atoms. The van der Waals surface area contributed by atoms with E-state index < -0.39 is 17.4 Å². The lowest BCUT2D eigenvalue weighted by Gasteiger charge is -2.35. The summed E-state index contributed by atoms with van der Waals surface area (Å²) in [6.07, 6.45) is 6.32. The van der Waals surface area contributed by atoms with Crippen LogP contribution in [-0.4, -0.2) is 57.3 Å². The van der Waals surface area contributed by atoms with Gasteiger partial charge in [-0.05, 0) is 25.2 Å². The molecule has 0 aromatic heterocycles. The van der Waals surface area contributed by atoms with Crippen molar-refractivity contribution in [1.82, 2.24) is 0 Å². The molecule has 150 valence electrons. The van der Waals surface area contributed by atoms with Crippen molar-refractivity contribution in [2.45, 2.75) is 71.6 Å². The van der Waals surface area contributed by atoms with Crippen molar-refractivity contribution in [3.05, 3.63) is 0 Å². The molecule has 0 amide bonds. The fourth-order valence-electron chi connectivity index (χ4n) is 2.42. The third-order valence-corrected chi connectivity index (χ3v) is 4.51. The van der Waals surface area contributed by atoms with Gasteiger partial charge >= 0.3 is 11.9 Å². The number of carbonyl (C=O) groups is 2. The van der Waals surface area contributed by atoms with Crippen molar-refractivity contribution in [3.8, 4) is 0 Å². The number of carboxylic acid groups (broad SMARTS) is 2. The number of hydrogen-bond donors (Lipinski definition) is 5. The number of rotatable bonds is 14. The van der Waals surface area contributed by atoms with E-state index in [0.717, 1.165) is 19.3 Å². The predicted octanol–water partition coefficient (Wildman–Crippen LogP) is 2.27. The van der Waals surface area contributed by atoms with E-state index in [9.17, 15) is 19.8 Å². The second kappa shape index (κ2) is 16.3. The summed E-state index contributed by atoms with van der Waals surface area (Å²) in [4.78, 5) is 20.3. The standard InChI is InChI=1S/C11H22O5.C7H14O2/c1-9(6-12)11(7-13,8-14)5-3-2-4-10(15)16;1-2-3-4-5-6-7(8)9/h9,12-14H,2-8H2,1H3,(H,15,16);2-6H2,1H3,(H,8,9). The minimum atomic E-state index is -0.839. The first-order valence-electron chi connectivity index (χ1n) is 9.05. The Morgan fingerprint density at radius 1 is 0.840 bits per heavy atom. The van der Waals surface area contributed by atoms with Gasteiger partial charge in [-0.15, -0.1) is 0 Å². The monoisotopic (exact) mass is 364 g/mol. The molecule has 0 fully saturated rings. The van der Waals surface area contributed by atoms with Crippen molar-refractivity contribution in [2.75, 3.05) is 19.8 Å². The molecule has 0 aliphatic heterocycles. The zero-order valence-electron chi connectivity index (χ0n) is 15.6. The fraction of sp³-hybridized carbons (Fsp3) is 0.889. The van der Waals surface area contributed by atoms with Gasteiger partial charge in [0.1, 0.15) is 0 Å². The largest absolute Gasteiger partial charge is 0.481 e. The summed E-state index contributed by atoms with van der Waals surface area (Å²) in [7, 11) is 0. The summed E-state index contributed by atoms with van der Waals surface area (Å²) in [6.45, 7) is 3.39. The molecule has 0 aromatic carbocycles. The summed E-state index contributed by atoms with van der Waals surface area (Å²) in [6, 6.07) is 0. The molecule has 0 aliphatic carbocycles. The van der Waals surface area contributed by atoms with Crippen molar-refractivity contribution >= 4 is 11.9 Å². The van der Waals surface area contributed by atoms with Gasteiger partial charge in [0.05, 0.1) is 13.2 Å². The van der Waals surface area contributed by atoms with Crippen LogP contribution in [0.5, 0.6) is 0 Å². The quantitative estimate of drug-likeness (QED) is 0.298. The maximum absolute atomic E-state index is 10.3. The first-order chi connectivity index (χ1) is 11.8. The highest BCUT2D eigenvalue weighted by atomic mass is 16.4. The normalized spacial score (nSPS) is 12.2. The Balaban J connectivity index is 0. The summed E-state index contributed by atoms with van der Waals surface area (Å²) >= 11 is 0. The van der Waals surface area contributed by atoms with Crippen LogP contribution in [0.1, 0.15) is 71.6 Å². The van der Waals surface area contributed by atoms with Gasteiger partial charge < -0.3 is 25.5 Å². The molecule has 25 heavy (non-hydrogen) atoms. The van der Waals surface area contributed by atoms with Crippen LogP contribution in [0.4, 0.5) is 0 Å². The Bertz CT molecular complexity index is 340. The number of hydrogen-bond acceptors (Lipinski definition) is 5. The molecule has 0 radical (unpaired) electrons. The number of aliphatic carboxylic acids is 2. The molecule has 1 unspecified atom stereocenters. The Morgan fingerprint density at radius 3 is 1.68 bits per heavy atom. The predicted molar refractivity (Wildman–Crippen MR) is 95.4 cm³/mol. The lowest BCUT2D eigenvalue weighted by Crippen LogP contribution is -2.38. The molecule has 0 rings (SSSR count). The van der Waals surface area contributed by atoms with E-state index in [0.29, 0.717) is 25.7 Å². The minimum absolute atomic E-state index is 0.0972. The molecular formula is C18H36O7. The Morgan fingerprint density at radius 2 is 1.32 bits per heavy atom. The number of aliphatic hydroxyl groups excluding tert-OH is 3. The van der Waals surface area contributed by atoms with Crippen molar-refractivity contribution in [1.29, 1.82) is 0 Å². The van der Waals surface area contributed by atoms with Crippen LogP contribution in [-0.2, 0) is 9.59 Å². The van der Waals surface area contributed by atoms with Crippen LogP contribution < -0.4 is 0 Å². The molecule has 0 aromatic rings. The molecule has 7 nitrogen and oxygen atoms in total. The number of carboxylic acids is 2. The molecule has 0 saturated heterocycles. The van der Waals surface area contributed by atoms with Crippen LogP contribution in [0, 0.1) is 11.3 Å². The van der Waals surface area contributed by atoms with Crippen LogP contribution in [0.15, 0.2) is 0 Å². The maximum atomic E-state index is 10.3. The molecule has 0 bridgehead atoms. The lowest BCUT2D eigenvalue weighted by molar-refractivity contribution is -0.138. The van der Waals surface area contributed by atoms with E-state index in [1.165, 1.54) is 6.42 Å². The Labute approximate surface area is 150 Å². The zero-order valence-corrected chi connectivity index (χ0v) is 15.6. The molecule has 5 N–H and O–H groups in total. The lowest BCUT2D eigenvalue weighted by atomic mass is 9.74. The van der Waals surface area contributed by atoms with Crippen molar-refractivity contribution in [2.24, 2.45) is 11.3 Å². The van der Waals surface area contributed by atoms with E-state index in [1.807, 2.05) is 0 Å². The third kappa shape index (κ3) is 13.8. The molecule has 0 saturated carbocycles. The van der Waals surface area contributed by atoms with E-state index in [-0.39, 0.29) is 32.2 Å². The second-order valence-corrected chi connectivity index (χ2v) is 6.57. The molecule has 7 heteroatoms. The van der Waals surface area contributed by atoms with Gasteiger partial charge in [-0.25, -0.2) is 0 Å². The molecular weight excluding hydrogens is 328 g/mol. The van der Waals surface area contributed by atoms with Gasteiger partial charge in [0.25, 0.3) is 0 Å². The van der Waals surface area contributed by atoms with Gasteiger partial charge in [-0.2, -0.15) is 0 Å². The second-order valence-electron chi connectivity index (χ2n) is 6.57. The van der Waals surface area contributed by atoms with E-state index in [1.54, 1.807) is 6.92 Å². The van der Waals surface area contributed by atoms with Crippen LogP contribution >= 0.6 is 0 Å². The highest BCUT2D eigenvalue weighted by Gasteiger charge is 2.34.